The van der Waals surface area contributed by atoms with Crippen LogP contribution in [0.3, 0.4) is 0 Å². The van der Waals surface area contributed by atoms with Crippen molar-refractivity contribution in [3.8, 4) is 11.5 Å². The number of carbonyl (C=O) groups excluding carboxylic acids is 2. The molecule has 1 amide bonds. The number of aliphatic hydroxyl groups excluding tert-OH is 1. The highest BCUT2D eigenvalue weighted by Gasteiger charge is 2.47. The van der Waals surface area contributed by atoms with Gasteiger partial charge in [-0.1, -0.05) is 41.9 Å². The summed E-state index contributed by atoms with van der Waals surface area (Å²) in [4.78, 5) is 27.6. The number of anilines is 1. The van der Waals surface area contributed by atoms with Crippen LogP contribution in [0.15, 0.2) is 78.4 Å². The number of amides is 1. The summed E-state index contributed by atoms with van der Waals surface area (Å²) in [7, 11) is 0. The van der Waals surface area contributed by atoms with Gasteiger partial charge in [0.1, 0.15) is 17.3 Å². The zero-order chi connectivity index (χ0) is 23.7. The first-order chi connectivity index (χ1) is 15.8. The Morgan fingerprint density at radius 1 is 1.00 bits per heavy atom. The van der Waals surface area contributed by atoms with Crippen molar-refractivity contribution >= 4 is 34.7 Å². The maximum atomic E-state index is 13.2. The van der Waals surface area contributed by atoms with Crippen LogP contribution < -0.4 is 9.64 Å². The van der Waals surface area contributed by atoms with E-state index < -0.39 is 17.7 Å². The molecule has 1 aliphatic heterocycles. The molecular formula is C26H22ClNO5. The van der Waals surface area contributed by atoms with E-state index >= 15 is 0 Å². The van der Waals surface area contributed by atoms with Crippen LogP contribution in [0.2, 0.25) is 5.02 Å². The van der Waals surface area contributed by atoms with Crippen LogP contribution in [0.1, 0.15) is 31.0 Å². The summed E-state index contributed by atoms with van der Waals surface area (Å²) in [6.45, 7) is 3.77. The number of phenolic OH excluding ortho intramolecular Hbond substituents is 1. The summed E-state index contributed by atoms with van der Waals surface area (Å²) in [6, 6.07) is 18.5. The van der Waals surface area contributed by atoms with Crippen LogP contribution in [0.25, 0.3) is 5.76 Å². The molecule has 0 radical (unpaired) electrons. The topological polar surface area (TPSA) is 87.1 Å². The zero-order valence-electron chi connectivity index (χ0n) is 18.0. The summed E-state index contributed by atoms with van der Waals surface area (Å²) in [5.74, 6) is -1.35. The molecule has 7 heteroatoms. The van der Waals surface area contributed by atoms with E-state index in [9.17, 15) is 19.8 Å². The number of hydrogen-bond donors (Lipinski definition) is 2. The average molecular weight is 464 g/mol. The fraction of sp³-hybridized carbons (Fsp3) is 0.154. The smallest absolute Gasteiger partial charge is 0.300 e. The van der Waals surface area contributed by atoms with Gasteiger partial charge in [0.05, 0.1) is 17.7 Å². The molecule has 1 aliphatic rings. The quantitative estimate of drug-likeness (QED) is 0.298. The van der Waals surface area contributed by atoms with Gasteiger partial charge in [-0.15, -0.1) is 0 Å². The van der Waals surface area contributed by atoms with Gasteiger partial charge in [0.15, 0.2) is 0 Å². The lowest BCUT2D eigenvalue weighted by Crippen LogP contribution is -2.29. The van der Waals surface area contributed by atoms with E-state index in [2.05, 4.69) is 0 Å². The molecule has 1 atom stereocenters. The second-order valence-corrected chi connectivity index (χ2v) is 8.37. The summed E-state index contributed by atoms with van der Waals surface area (Å²) in [6.07, 6.45) is -0.0761. The average Bonchev–Trinajstić information content (AvgIpc) is 3.04. The number of carbonyl (C=O) groups is 2. The van der Waals surface area contributed by atoms with E-state index in [0.717, 1.165) is 0 Å². The third-order valence-corrected chi connectivity index (χ3v) is 5.45. The number of aliphatic hydroxyl groups is 1. The number of halogens is 1. The lowest BCUT2D eigenvalue weighted by atomic mass is 9.95. The van der Waals surface area contributed by atoms with Crippen molar-refractivity contribution in [1.29, 1.82) is 0 Å². The molecule has 0 aliphatic carbocycles. The van der Waals surface area contributed by atoms with Crippen LogP contribution >= 0.6 is 11.6 Å². The van der Waals surface area contributed by atoms with E-state index in [1.807, 2.05) is 13.8 Å². The van der Waals surface area contributed by atoms with Crippen molar-refractivity contribution in [2.75, 3.05) is 4.90 Å². The van der Waals surface area contributed by atoms with Crippen LogP contribution in [0.5, 0.6) is 11.5 Å². The molecule has 168 valence electrons. The van der Waals surface area contributed by atoms with Crippen LogP contribution in [-0.2, 0) is 9.59 Å². The molecular weight excluding hydrogens is 442 g/mol. The highest BCUT2D eigenvalue weighted by Crippen LogP contribution is 2.43. The number of benzene rings is 3. The fourth-order valence-electron chi connectivity index (χ4n) is 3.84. The number of hydrogen-bond acceptors (Lipinski definition) is 5. The normalized spacial score (nSPS) is 17.6. The van der Waals surface area contributed by atoms with Gasteiger partial charge in [0, 0.05) is 16.3 Å². The monoisotopic (exact) mass is 463 g/mol. The highest BCUT2D eigenvalue weighted by atomic mass is 35.5. The molecule has 33 heavy (non-hydrogen) atoms. The lowest BCUT2D eigenvalue weighted by Gasteiger charge is -2.25. The maximum Gasteiger partial charge on any atom is 0.300 e. The van der Waals surface area contributed by atoms with Crippen molar-refractivity contribution < 1.29 is 24.5 Å². The fourth-order valence-corrected chi connectivity index (χ4v) is 4.03. The summed E-state index contributed by atoms with van der Waals surface area (Å²) in [5.41, 5.74) is 1.25. The minimum Gasteiger partial charge on any atom is -0.508 e. The SMILES string of the molecule is CC(C)Oc1cccc(/C(O)=C2\C(=O)C(=O)N(c3cccc(Cl)c3)C2c2ccc(O)cc2)c1. The molecule has 1 unspecified atom stereocenters. The molecule has 0 saturated carbocycles. The van der Waals surface area contributed by atoms with Gasteiger partial charge in [0.2, 0.25) is 0 Å². The largest absolute Gasteiger partial charge is 0.508 e. The predicted octanol–water partition coefficient (Wildman–Crippen LogP) is 5.46. The van der Waals surface area contributed by atoms with Gasteiger partial charge in [-0.2, -0.15) is 0 Å². The number of rotatable bonds is 5. The Morgan fingerprint density at radius 2 is 1.70 bits per heavy atom. The van der Waals surface area contributed by atoms with E-state index in [1.165, 1.54) is 17.0 Å². The molecule has 1 heterocycles. The third-order valence-electron chi connectivity index (χ3n) is 5.22. The minimum atomic E-state index is -0.918. The molecule has 4 rings (SSSR count). The van der Waals surface area contributed by atoms with E-state index in [-0.39, 0.29) is 23.2 Å². The van der Waals surface area contributed by atoms with Gasteiger partial charge in [-0.25, -0.2) is 0 Å². The molecule has 0 aromatic heterocycles. The van der Waals surface area contributed by atoms with Crippen LogP contribution in [-0.4, -0.2) is 28.0 Å². The number of Topliss-reactive ketones (excluding diaryl/α,β-unsaturated/α-hetero) is 1. The van der Waals surface area contributed by atoms with E-state index in [4.69, 9.17) is 16.3 Å². The van der Waals surface area contributed by atoms with Gasteiger partial charge in [-0.3, -0.25) is 14.5 Å². The number of aromatic hydroxyl groups is 1. The summed E-state index contributed by atoms with van der Waals surface area (Å²) in [5, 5.41) is 21.4. The van der Waals surface area contributed by atoms with Crippen molar-refractivity contribution in [2.24, 2.45) is 0 Å². The standard InChI is InChI=1S/C26H22ClNO5/c1-15(2)33-21-8-3-5-17(13-21)24(30)22-23(16-9-11-20(29)12-10-16)28(26(32)25(22)31)19-7-4-6-18(27)14-19/h3-15,23,29-30H,1-2H3/b24-22+. The van der Waals surface area contributed by atoms with Gasteiger partial charge in [0.25, 0.3) is 11.7 Å². The van der Waals surface area contributed by atoms with Crippen LogP contribution in [0.4, 0.5) is 5.69 Å². The first-order valence-electron chi connectivity index (χ1n) is 10.4. The summed E-state index contributed by atoms with van der Waals surface area (Å²) < 4.78 is 5.71. The minimum absolute atomic E-state index is 0.0389. The molecule has 3 aromatic carbocycles. The highest BCUT2D eigenvalue weighted by molar-refractivity contribution is 6.51. The Kier molecular flexibility index (Phi) is 6.11. The van der Waals surface area contributed by atoms with Gasteiger partial charge in [-0.05, 0) is 61.9 Å². The zero-order valence-corrected chi connectivity index (χ0v) is 18.8. The molecule has 0 spiro atoms. The molecule has 1 saturated heterocycles. The third kappa shape index (κ3) is 4.43. The first-order valence-corrected chi connectivity index (χ1v) is 10.8. The maximum absolute atomic E-state index is 13.2. The number of ether oxygens (including phenoxy) is 1. The molecule has 0 bridgehead atoms. The Hall–Kier alpha value is -3.77. The lowest BCUT2D eigenvalue weighted by molar-refractivity contribution is -0.132. The number of phenols is 1. The molecule has 2 N–H and O–H groups in total. The summed E-state index contributed by atoms with van der Waals surface area (Å²) >= 11 is 6.14. The van der Waals surface area contributed by atoms with E-state index in [1.54, 1.807) is 60.7 Å². The molecule has 6 nitrogen and oxygen atoms in total. The van der Waals surface area contributed by atoms with Gasteiger partial charge < -0.3 is 14.9 Å². The van der Waals surface area contributed by atoms with E-state index in [0.29, 0.717) is 27.6 Å². The predicted molar refractivity (Wildman–Crippen MR) is 127 cm³/mol. The second-order valence-electron chi connectivity index (χ2n) is 7.93. The van der Waals surface area contributed by atoms with Crippen molar-refractivity contribution in [3.63, 3.8) is 0 Å². The van der Waals surface area contributed by atoms with Crippen molar-refractivity contribution in [1.82, 2.24) is 0 Å². The Labute approximate surface area is 196 Å². The number of nitrogens with zero attached hydrogens (tertiary/aromatic N) is 1. The van der Waals surface area contributed by atoms with Crippen molar-refractivity contribution in [2.45, 2.75) is 26.0 Å². The van der Waals surface area contributed by atoms with Gasteiger partial charge >= 0.3 is 0 Å². The second kappa shape index (κ2) is 9.00. The molecule has 3 aromatic rings. The Balaban J connectivity index is 1.91. The Bertz CT molecular complexity index is 1250. The molecule has 1 fully saturated rings. The van der Waals surface area contributed by atoms with Crippen molar-refractivity contribution in [3.05, 3.63) is 94.5 Å². The first kappa shape index (κ1) is 22.4. The number of ketones is 1. The Morgan fingerprint density at radius 3 is 2.36 bits per heavy atom. The van der Waals surface area contributed by atoms with Crippen LogP contribution in [0, 0.1) is 0 Å².